The SMILES string of the molecule is c1ccc(N2c3ccccc3C3(c4ccccc4-c4ccccc43)c3ccc(-c4ccc(-c5ccc6ccc7ccccc7c6n5)cc4)cc32)cc1. The number of benzene rings is 8. The average molecular weight is 661 g/mol. The lowest BCUT2D eigenvalue weighted by Gasteiger charge is -2.45. The monoisotopic (exact) mass is 660 g/mol. The fourth-order valence-corrected chi connectivity index (χ4v) is 9.00. The molecular formula is C50H32N2. The lowest BCUT2D eigenvalue weighted by Crippen LogP contribution is -2.36. The van der Waals surface area contributed by atoms with Gasteiger partial charge in [-0.3, -0.25) is 0 Å². The third-order valence-electron chi connectivity index (χ3n) is 11.3. The highest BCUT2D eigenvalue weighted by molar-refractivity contribution is 6.05. The smallest absolute Gasteiger partial charge is 0.0787 e. The van der Waals surface area contributed by atoms with Crippen LogP contribution in [0.4, 0.5) is 17.1 Å². The molecule has 1 aromatic heterocycles. The number of pyridine rings is 1. The molecule has 0 atom stereocenters. The molecule has 0 amide bonds. The first-order valence-electron chi connectivity index (χ1n) is 18.0. The fraction of sp³-hybridized carbons (Fsp3) is 0.0200. The summed E-state index contributed by atoms with van der Waals surface area (Å²) >= 11 is 0. The number of rotatable bonds is 3. The molecule has 2 heteroatoms. The van der Waals surface area contributed by atoms with Crippen LogP contribution < -0.4 is 4.90 Å². The molecule has 2 nitrogen and oxygen atoms in total. The van der Waals surface area contributed by atoms with Gasteiger partial charge in [-0.2, -0.15) is 0 Å². The molecule has 2 heterocycles. The van der Waals surface area contributed by atoms with Crippen molar-refractivity contribution in [3.05, 3.63) is 216 Å². The van der Waals surface area contributed by atoms with Gasteiger partial charge in [0.25, 0.3) is 0 Å². The summed E-state index contributed by atoms with van der Waals surface area (Å²) in [5, 5.41) is 3.55. The van der Waals surface area contributed by atoms with Gasteiger partial charge in [-0.25, -0.2) is 4.98 Å². The minimum atomic E-state index is -0.446. The van der Waals surface area contributed by atoms with E-state index in [2.05, 4.69) is 199 Å². The van der Waals surface area contributed by atoms with E-state index in [1.165, 1.54) is 66.7 Å². The van der Waals surface area contributed by atoms with Crippen molar-refractivity contribution in [2.75, 3.05) is 4.90 Å². The standard InChI is InChI=1S/C50H32N2/c1-2-13-38(14-3-1)52-47-21-11-10-20-44(47)50(42-18-8-6-16-40(42)41-17-7-9-19-43(41)50)45-30-28-37(32-48(45)52)33-22-25-35(26-23-33)46-31-29-36-27-24-34-12-4-5-15-39(34)49(36)51-46/h1-32H. The van der Waals surface area contributed by atoms with Crippen molar-refractivity contribution in [2.45, 2.75) is 5.41 Å². The van der Waals surface area contributed by atoms with Gasteiger partial charge in [0.1, 0.15) is 0 Å². The maximum absolute atomic E-state index is 5.17. The summed E-state index contributed by atoms with van der Waals surface area (Å²) in [5.41, 5.74) is 16.5. The maximum Gasteiger partial charge on any atom is 0.0787 e. The summed E-state index contributed by atoms with van der Waals surface area (Å²) in [6.45, 7) is 0. The molecule has 0 saturated carbocycles. The van der Waals surface area contributed by atoms with Gasteiger partial charge in [0.2, 0.25) is 0 Å². The van der Waals surface area contributed by atoms with Crippen LogP contribution in [0.25, 0.3) is 55.2 Å². The van der Waals surface area contributed by atoms with E-state index in [-0.39, 0.29) is 0 Å². The van der Waals surface area contributed by atoms with Crippen LogP contribution in [0.5, 0.6) is 0 Å². The van der Waals surface area contributed by atoms with Crippen molar-refractivity contribution in [3.63, 3.8) is 0 Å². The second-order valence-electron chi connectivity index (χ2n) is 13.9. The molecule has 0 radical (unpaired) electrons. The van der Waals surface area contributed by atoms with E-state index < -0.39 is 5.41 Å². The predicted molar refractivity (Wildman–Crippen MR) is 216 cm³/mol. The first-order valence-corrected chi connectivity index (χ1v) is 18.0. The van der Waals surface area contributed by atoms with Gasteiger partial charge >= 0.3 is 0 Å². The molecular weight excluding hydrogens is 629 g/mol. The Morgan fingerprint density at radius 1 is 0.385 bits per heavy atom. The van der Waals surface area contributed by atoms with E-state index >= 15 is 0 Å². The molecule has 1 spiro atoms. The molecule has 1 aliphatic carbocycles. The quantitative estimate of drug-likeness (QED) is 0.175. The summed E-state index contributed by atoms with van der Waals surface area (Å²) < 4.78 is 0. The largest absolute Gasteiger partial charge is 0.310 e. The Bertz CT molecular complexity index is 2810. The topological polar surface area (TPSA) is 16.1 Å². The lowest BCUT2D eigenvalue weighted by molar-refractivity contribution is 0.753. The molecule has 0 fully saturated rings. The highest BCUT2D eigenvalue weighted by atomic mass is 15.2. The van der Waals surface area contributed by atoms with Crippen molar-refractivity contribution in [2.24, 2.45) is 0 Å². The number of hydrogen-bond acceptors (Lipinski definition) is 2. The third kappa shape index (κ3) is 4.03. The van der Waals surface area contributed by atoms with Crippen LogP contribution >= 0.6 is 0 Å². The van der Waals surface area contributed by atoms with Crippen molar-refractivity contribution < 1.29 is 0 Å². The number of para-hydroxylation sites is 2. The van der Waals surface area contributed by atoms with Crippen LogP contribution in [0.1, 0.15) is 22.3 Å². The Morgan fingerprint density at radius 2 is 0.962 bits per heavy atom. The molecule has 8 aromatic carbocycles. The fourth-order valence-electron chi connectivity index (χ4n) is 9.00. The van der Waals surface area contributed by atoms with E-state index in [0.717, 1.165) is 27.8 Å². The number of nitrogens with zero attached hydrogens (tertiary/aromatic N) is 2. The lowest BCUT2D eigenvalue weighted by atomic mass is 9.64. The zero-order valence-corrected chi connectivity index (χ0v) is 28.4. The number of aromatic nitrogens is 1. The highest BCUT2D eigenvalue weighted by Gasteiger charge is 2.51. The minimum absolute atomic E-state index is 0.446. The molecule has 11 rings (SSSR count). The zero-order chi connectivity index (χ0) is 34.2. The van der Waals surface area contributed by atoms with Crippen LogP contribution in [-0.2, 0) is 5.41 Å². The summed E-state index contributed by atoms with van der Waals surface area (Å²) in [6.07, 6.45) is 0. The van der Waals surface area contributed by atoms with E-state index in [1.807, 2.05) is 0 Å². The Balaban J connectivity index is 1.10. The summed E-state index contributed by atoms with van der Waals surface area (Å²) in [5.74, 6) is 0. The molecule has 1 aliphatic heterocycles. The molecule has 9 aromatic rings. The van der Waals surface area contributed by atoms with Gasteiger partial charge < -0.3 is 4.90 Å². The molecule has 2 aliphatic rings. The first kappa shape index (κ1) is 29.0. The summed E-state index contributed by atoms with van der Waals surface area (Å²) in [6, 6.07) is 70.9. The Morgan fingerprint density at radius 3 is 1.75 bits per heavy atom. The van der Waals surface area contributed by atoms with Crippen molar-refractivity contribution in [1.29, 1.82) is 0 Å². The predicted octanol–water partition coefficient (Wildman–Crippen LogP) is 12.9. The van der Waals surface area contributed by atoms with E-state index in [9.17, 15) is 0 Å². The Hall–Kier alpha value is -6.77. The summed E-state index contributed by atoms with van der Waals surface area (Å²) in [7, 11) is 0. The minimum Gasteiger partial charge on any atom is -0.310 e. The second-order valence-corrected chi connectivity index (χ2v) is 13.9. The third-order valence-corrected chi connectivity index (χ3v) is 11.3. The Labute approximate surface area is 302 Å². The van der Waals surface area contributed by atoms with E-state index in [4.69, 9.17) is 4.98 Å². The summed E-state index contributed by atoms with van der Waals surface area (Å²) in [4.78, 5) is 7.63. The van der Waals surface area contributed by atoms with Crippen molar-refractivity contribution in [1.82, 2.24) is 4.98 Å². The molecule has 52 heavy (non-hydrogen) atoms. The number of anilines is 3. The highest BCUT2D eigenvalue weighted by Crippen LogP contribution is 2.63. The van der Waals surface area contributed by atoms with Crippen molar-refractivity contribution in [3.8, 4) is 33.5 Å². The van der Waals surface area contributed by atoms with Gasteiger partial charge in [0.15, 0.2) is 0 Å². The van der Waals surface area contributed by atoms with E-state index in [1.54, 1.807) is 0 Å². The van der Waals surface area contributed by atoms with Gasteiger partial charge in [0, 0.05) is 22.0 Å². The van der Waals surface area contributed by atoms with Gasteiger partial charge in [0.05, 0.1) is 28.0 Å². The average Bonchev–Trinajstić information content (AvgIpc) is 3.52. The van der Waals surface area contributed by atoms with Crippen LogP contribution in [0.15, 0.2) is 194 Å². The van der Waals surface area contributed by atoms with Crippen molar-refractivity contribution >= 4 is 38.7 Å². The normalized spacial score (nSPS) is 13.5. The number of fused-ring (bicyclic) bond motifs is 12. The molecule has 242 valence electrons. The molecule has 0 bridgehead atoms. The van der Waals surface area contributed by atoms with Crippen LogP contribution in [0.2, 0.25) is 0 Å². The van der Waals surface area contributed by atoms with Crippen LogP contribution in [0, 0.1) is 0 Å². The molecule has 0 N–H and O–H groups in total. The Kier molecular flexibility index (Phi) is 6.20. The zero-order valence-electron chi connectivity index (χ0n) is 28.4. The second kappa shape index (κ2) is 11.1. The maximum atomic E-state index is 5.17. The molecule has 0 unspecified atom stereocenters. The van der Waals surface area contributed by atoms with E-state index in [0.29, 0.717) is 0 Å². The van der Waals surface area contributed by atoms with Gasteiger partial charge in [-0.05, 0) is 80.2 Å². The van der Waals surface area contributed by atoms with Crippen LogP contribution in [0.3, 0.4) is 0 Å². The van der Waals surface area contributed by atoms with Gasteiger partial charge in [-0.15, -0.1) is 0 Å². The first-order chi connectivity index (χ1) is 25.8. The number of hydrogen-bond donors (Lipinski definition) is 0. The van der Waals surface area contributed by atoms with Gasteiger partial charge in [-0.1, -0.05) is 164 Å². The molecule has 0 saturated heterocycles. The van der Waals surface area contributed by atoms with Crippen LogP contribution in [-0.4, -0.2) is 4.98 Å².